The Morgan fingerprint density at radius 2 is 1.78 bits per heavy atom. The van der Waals surface area contributed by atoms with E-state index >= 15 is 0 Å². The number of aryl methyl sites for hydroxylation is 1. The number of aliphatic imine (C=N–C) groups is 1. The molecule has 0 spiro atoms. The lowest BCUT2D eigenvalue weighted by molar-refractivity contribution is 0.300. The molecule has 1 aliphatic carbocycles. The summed E-state index contributed by atoms with van der Waals surface area (Å²) in [5, 5.41) is 3.81. The van der Waals surface area contributed by atoms with Crippen LogP contribution in [0.25, 0.3) is 0 Å². The lowest BCUT2D eigenvalue weighted by Crippen LogP contribution is -2.29. The smallest absolute Gasteiger partial charge is 0.129 e. The molecule has 0 aromatic heterocycles. The minimum Gasteiger partial charge on any atom is -0.489 e. The molecule has 0 saturated heterocycles. The largest absolute Gasteiger partial charge is 0.489 e. The fraction of sp³-hybridized carbons (Fsp3) is 0.182. The van der Waals surface area contributed by atoms with Crippen LogP contribution in [-0.2, 0) is 6.61 Å². The zero-order chi connectivity index (χ0) is 25.2. The van der Waals surface area contributed by atoms with E-state index in [0.717, 1.165) is 17.7 Å². The van der Waals surface area contributed by atoms with Gasteiger partial charge in [-0.2, -0.15) is 0 Å². The number of hydrogen-bond acceptors (Lipinski definition) is 3. The second-order valence-corrected chi connectivity index (χ2v) is 9.87. The monoisotopic (exact) mass is 488 g/mol. The van der Waals surface area contributed by atoms with Crippen LogP contribution in [0.2, 0.25) is 0 Å². The van der Waals surface area contributed by atoms with Crippen molar-refractivity contribution in [3.63, 3.8) is 0 Å². The Hall–Kier alpha value is -4.18. The van der Waals surface area contributed by atoms with Gasteiger partial charge < -0.3 is 10.1 Å². The van der Waals surface area contributed by atoms with Gasteiger partial charge in [0.2, 0.25) is 0 Å². The van der Waals surface area contributed by atoms with Gasteiger partial charge in [-0.3, -0.25) is 4.99 Å². The predicted octanol–water partition coefficient (Wildman–Crippen LogP) is 8.29. The van der Waals surface area contributed by atoms with Crippen molar-refractivity contribution in [3.8, 4) is 5.75 Å². The molecular formula is C33H29FN2O. The van der Waals surface area contributed by atoms with Crippen molar-refractivity contribution in [2.45, 2.75) is 31.9 Å². The van der Waals surface area contributed by atoms with Gasteiger partial charge >= 0.3 is 0 Å². The fourth-order valence-corrected chi connectivity index (χ4v) is 5.39. The molecule has 0 unspecified atom stereocenters. The maximum atomic E-state index is 13.8. The summed E-state index contributed by atoms with van der Waals surface area (Å²) in [5.74, 6) is 1.44. The summed E-state index contributed by atoms with van der Waals surface area (Å²) in [6.07, 6.45) is 7.65. The second kappa shape index (κ2) is 10.1. The van der Waals surface area contributed by atoms with Gasteiger partial charge in [0.05, 0.1) is 11.7 Å². The van der Waals surface area contributed by atoms with E-state index in [4.69, 9.17) is 4.74 Å². The van der Waals surface area contributed by atoms with Crippen molar-refractivity contribution in [1.29, 1.82) is 0 Å². The summed E-state index contributed by atoms with van der Waals surface area (Å²) in [6, 6.07) is 29.9. The Labute approximate surface area is 217 Å². The highest BCUT2D eigenvalue weighted by molar-refractivity contribution is 5.82. The van der Waals surface area contributed by atoms with Crippen molar-refractivity contribution in [3.05, 3.63) is 137 Å². The topological polar surface area (TPSA) is 33.6 Å². The minimum absolute atomic E-state index is 0.200. The standard InChI is InChI=1S/C33H29FN2O/c1-22-9-18-32-30(19-22)28-6-4-7-29(28)33(36-32)24-12-14-26(15-13-24)35-20-23-10-16-27(17-11-23)37-21-25-5-2-3-8-31(25)34/h2-6,8-20,28-29,33,36H,7,21H2,1H3/t28-,29+,33+/m1/s1. The number of ether oxygens (including phenoxy) is 1. The van der Waals surface area contributed by atoms with Gasteiger partial charge in [-0.05, 0) is 84.5 Å². The molecule has 4 aromatic carbocycles. The third-order valence-electron chi connectivity index (χ3n) is 7.37. The zero-order valence-electron chi connectivity index (χ0n) is 20.8. The van der Waals surface area contributed by atoms with Gasteiger partial charge in [-0.1, -0.05) is 60.2 Å². The number of fused-ring (bicyclic) bond motifs is 3. The van der Waals surface area contributed by atoms with E-state index in [1.54, 1.807) is 12.1 Å². The molecule has 4 heteroatoms. The normalized spacial score (nSPS) is 19.9. The highest BCUT2D eigenvalue weighted by Gasteiger charge is 2.37. The van der Waals surface area contributed by atoms with Crippen molar-refractivity contribution < 1.29 is 9.13 Å². The van der Waals surface area contributed by atoms with Gasteiger partial charge in [0, 0.05) is 23.4 Å². The van der Waals surface area contributed by atoms with Crippen molar-refractivity contribution in [2.24, 2.45) is 10.9 Å². The molecule has 3 atom stereocenters. The van der Waals surface area contributed by atoms with Crippen LogP contribution in [-0.4, -0.2) is 6.21 Å². The molecule has 37 heavy (non-hydrogen) atoms. The predicted molar refractivity (Wildman–Crippen MR) is 148 cm³/mol. The average Bonchev–Trinajstić information content (AvgIpc) is 3.43. The minimum atomic E-state index is -0.254. The Morgan fingerprint density at radius 1 is 0.973 bits per heavy atom. The number of nitrogens with one attached hydrogen (secondary N) is 1. The number of nitrogens with zero attached hydrogens (tertiary/aromatic N) is 1. The van der Waals surface area contributed by atoms with Gasteiger partial charge in [-0.25, -0.2) is 4.39 Å². The Bertz CT molecular complexity index is 1460. The van der Waals surface area contributed by atoms with Crippen LogP contribution in [0.15, 0.2) is 108 Å². The first kappa shape index (κ1) is 23.2. The molecule has 0 bridgehead atoms. The molecule has 1 heterocycles. The first-order valence-corrected chi connectivity index (χ1v) is 12.8. The van der Waals surface area contributed by atoms with E-state index < -0.39 is 0 Å². The van der Waals surface area contributed by atoms with Crippen LogP contribution in [0.3, 0.4) is 0 Å². The maximum absolute atomic E-state index is 13.8. The average molecular weight is 489 g/mol. The number of rotatable bonds is 6. The lowest BCUT2D eigenvalue weighted by Gasteiger charge is -2.37. The van der Waals surface area contributed by atoms with Gasteiger partial charge in [-0.15, -0.1) is 0 Å². The number of halogens is 1. The molecule has 0 fully saturated rings. The highest BCUT2D eigenvalue weighted by Crippen LogP contribution is 2.50. The van der Waals surface area contributed by atoms with Crippen LogP contribution < -0.4 is 10.1 Å². The maximum Gasteiger partial charge on any atom is 0.129 e. The van der Waals surface area contributed by atoms with E-state index in [-0.39, 0.29) is 18.5 Å². The number of allylic oxidation sites excluding steroid dienone is 2. The van der Waals surface area contributed by atoms with Gasteiger partial charge in [0.15, 0.2) is 0 Å². The number of benzene rings is 4. The van der Waals surface area contributed by atoms with Gasteiger partial charge in [0.25, 0.3) is 0 Å². The van der Waals surface area contributed by atoms with Crippen molar-refractivity contribution >= 4 is 17.6 Å². The fourth-order valence-electron chi connectivity index (χ4n) is 5.39. The third kappa shape index (κ3) is 4.92. The van der Waals surface area contributed by atoms with Gasteiger partial charge in [0.1, 0.15) is 18.2 Å². The Kier molecular flexibility index (Phi) is 6.32. The second-order valence-electron chi connectivity index (χ2n) is 9.87. The van der Waals surface area contributed by atoms with E-state index in [1.165, 1.54) is 28.4 Å². The molecule has 4 aromatic rings. The summed E-state index contributed by atoms with van der Waals surface area (Å²) >= 11 is 0. The summed E-state index contributed by atoms with van der Waals surface area (Å²) in [4.78, 5) is 4.66. The number of hydrogen-bond donors (Lipinski definition) is 1. The zero-order valence-corrected chi connectivity index (χ0v) is 20.8. The van der Waals surface area contributed by atoms with E-state index in [2.05, 4.69) is 71.8 Å². The van der Waals surface area contributed by atoms with Crippen molar-refractivity contribution in [2.75, 3.05) is 5.32 Å². The molecular weight excluding hydrogens is 459 g/mol. The molecule has 6 rings (SSSR count). The molecule has 0 radical (unpaired) electrons. The van der Waals surface area contributed by atoms with Crippen molar-refractivity contribution in [1.82, 2.24) is 0 Å². The first-order chi connectivity index (χ1) is 18.1. The van der Waals surface area contributed by atoms with Crippen LogP contribution in [0.5, 0.6) is 5.75 Å². The molecule has 184 valence electrons. The van der Waals surface area contributed by atoms with Crippen LogP contribution in [0.1, 0.15) is 46.2 Å². The molecule has 2 aliphatic rings. The highest BCUT2D eigenvalue weighted by atomic mass is 19.1. The third-order valence-corrected chi connectivity index (χ3v) is 7.37. The summed E-state index contributed by atoms with van der Waals surface area (Å²) in [6.45, 7) is 2.36. The Morgan fingerprint density at radius 3 is 2.59 bits per heavy atom. The summed E-state index contributed by atoms with van der Waals surface area (Å²) in [5.41, 5.74) is 7.69. The molecule has 0 amide bonds. The van der Waals surface area contributed by atoms with Crippen LogP contribution >= 0.6 is 0 Å². The SMILES string of the molecule is Cc1ccc2c(c1)[C@@H]1C=CC[C@@H]1[C@H](c1ccc(N=Cc3ccc(OCc4ccccc4F)cc3)cc1)N2. The van der Waals surface area contributed by atoms with E-state index in [1.807, 2.05) is 36.5 Å². The van der Waals surface area contributed by atoms with Crippen LogP contribution in [0.4, 0.5) is 15.8 Å². The lowest BCUT2D eigenvalue weighted by atomic mass is 9.76. The molecule has 1 N–H and O–H groups in total. The quantitative estimate of drug-likeness (QED) is 0.219. The van der Waals surface area contributed by atoms with Crippen LogP contribution in [0, 0.1) is 18.7 Å². The van der Waals surface area contributed by atoms with E-state index in [9.17, 15) is 4.39 Å². The summed E-state index contributed by atoms with van der Waals surface area (Å²) < 4.78 is 19.5. The molecule has 0 saturated carbocycles. The Balaban J connectivity index is 1.11. The number of anilines is 1. The molecule has 1 aliphatic heterocycles. The summed E-state index contributed by atoms with van der Waals surface area (Å²) in [7, 11) is 0. The van der Waals surface area contributed by atoms with E-state index in [0.29, 0.717) is 23.1 Å². The first-order valence-electron chi connectivity index (χ1n) is 12.8. The molecule has 3 nitrogen and oxygen atoms in total.